The summed E-state index contributed by atoms with van der Waals surface area (Å²) < 4.78 is 15.8. The van der Waals surface area contributed by atoms with Gasteiger partial charge < -0.3 is 19.2 Å². The van der Waals surface area contributed by atoms with Crippen LogP contribution in [0.3, 0.4) is 0 Å². The molecule has 0 spiro atoms. The summed E-state index contributed by atoms with van der Waals surface area (Å²) in [6.07, 6.45) is 0. The van der Waals surface area contributed by atoms with Crippen LogP contribution in [0, 0.1) is 24.0 Å². The van der Waals surface area contributed by atoms with Crippen LogP contribution in [0.15, 0.2) is 40.8 Å². The van der Waals surface area contributed by atoms with Crippen molar-refractivity contribution in [3.63, 3.8) is 0 Å². The van der Waals surface area contributed by atoms with E-state index >= 15 is 0 Å². The second-order valence-electron chi connectivity index (χ2n) is 6.62. The van der Waals surface area contributed by atoms with Gasteiger partial charge in [0.15, 0.2) is 6.61 Å². The molecule has 0 saturated heterocycles. The van der Waals surface area contributed by atoms with Crippen LogP contribution < -0.4 is 5.32 Å². The predicted molar refractivity (Wildman–Crippen MR) is 108 cm³/mol. The van der Waals surface area contributed by atoms with Gasteiger partial charge in [-0.3, -0.25) is 14.9 Å². The molecule has 0 saturated carbocycles. The van der Waals surface area contributed by atoms with Gasteiger partial charge >= 0.3 is 5.97 Å². The van der Waals surface area contributed by atoms with E-state index in [2.05, 4.69) is 5.32 Å². The van der Waals surface area contributed by atoms with Crippen molar-refractivity contribution in [1.82, 2.24) is 0 Å². The Kier molecular flexibility index (Phi) is 6.12. The first-order valence-corrected chi connectivity index (χ1v) is 9.04. The van der Waals surface area contributed by atoms with Crippen molar-refractivity contribution in [2.75, 3.05) is 19.0 Å². The van der Waals surface area contributed by atoms with Crippen LogP contribution in [-0.2, 0) is 20.9 Å². The zero-order valence-corrected chi connectivity index (χ0v) is 16.7. The number of ether oxygens (including phenoxy) is 2. The summed E-state index contributed by atoms with van der Waals surface area (Å²) in [5.41, 5.74) is 2.18. The van der Waals surface area contributed by atoms with Gasteiger partial charge in [0.05, 0.1) is 11.5 Å². The second-order valence-corrected chi connectivity index (χ2v) is 6.62. The molecule has 156 valence electrons. The maximum absolute atomic E-state index is 12.5. The molecule has 0 unspecified atom stereocenters. The monoisotopic (exact) mass is 412 g/mol. The smallest absolute Gasteiger partial charge is 0.375 e. The number of nitrogens with zero attached hydrogens (tertiary/aromatic N) is 1. The number of para-hydroxylation sites is 1. The lowest BCUT2D eigenvalue weighted by atomic mass is 10.1. The molecule has 0 fully saturated rings. The number of nitrogens with one attached hydrogen (secondary N) is 1. The van der Waals surface area contributed by atoms with Gasteiger partial charge in [-0.2, -0.15) is 0 Å². The van der Waals surface area contributed by atoms with Gasteiger partial charge in [0, 0.05) is 24.1 Å². The fraction of sp³-hybridized carbons (Fsp3) is 0.238. The third kappa shape index (κ3) is 4.15. The lowest BCUT2D eigenvalue weighted by Crippen LogP contribution is -2.22. The molecule has 0 aliphatic rings. The van der Waals surface area contributed by atoms with E-state index in [0.29, 0.717) is 22.1 Å². The Balaban J connectivity index is 1.76. The fourth-order valence-electron chi connectivity index (χ4n) is 3.03. The lowest BCUT2D eigenvalue weighted by Gasteiger charge is -2.11. The van der Waals surface area contributed by atoms with E-state index in [-0.39, 0.29) is 23.7 Å². The molecule has 0 aliphatic carbocycles. The van der Waals surface area contributed by atoms with E-state index in [9.17, 15) is 19.7 Å². The molecule has 3 aromatic rings. The SMILES string of the molecule is COCc1c(C(=O)OCC(=O)Nc2c([N+](=O)[O-])ccc(C)c2C)oc2ccccc12. The van der Waals surface area contributed by atoms with Crippen LogP contribution in [0.5, 0.6) is 0 Å². The van der Waals surface area contributed by atoms with E-state index in [1.165, 1.54) is 13.2 Å². The third-order valence-electron chi connectivity index (χ3n) is 4.68. The van der Waals surface area contributed by atoms with E-state index in [4.69, 9.17) is 13.9 Å². The normalized spacial score (nSPS) is 10.8. The van der Waals surface area contributed by atoms with Gasteiger partial charge in [0.2, 0.25) is 5.76 Å². The minimum absolute atomic E-state index is 0.0523. The molecule has 1 amide bonds. The van der Waals surface area contributed by atoms with Crippen molar-refractivity contribution in [1.29, 1.82) is 0 Å². The molecule has 1 N–H and O–H groups in total. The first kappa shape index (κ1) is 21.0. The van der Waals surface area contributed by atoms with Crippen molar-refractivity contribution >= 4 is 34.2 Å². The molecule has 2 aromatic carbocycles. The standard InChI is InChI=1S/C21H20N2O7/c1-12-8-9-16(23(26)27)19(13(12)2)22-18(24)11-29-21(25)20-15(10-28-3)14-6-4-5-7-17(14)30-20/h4-9H,10-11H2,1-3H3,(H,22,24). The number of methoxy groups -OCH3 is 1. The Hall–Kier alpha value is -3.72. The molecule has 1 aromatic heterocycles. The maximum Gasteiger partial charge on any atom is 0.375 e. The number of esters is 1. The Labute approximate surface area is 171 Å². The molecule has 0 aliphatic heterocycles. The number of fused-ring (bicyclic) bond motifs is 1. The van der Waals surface area contributed by atoms with Gasteiger partial charge in [-0.25, -0.2) is 4.79 Å². The molecule has 9 heteroatoms. The number of furan rings is 1. The first-order valence-electron chi connectivity index (χ1n) is 9.04. The Bertz CT molecular complexity index is 1130. The number of nitro groups is 1. The molecule has 0 atom stereocenters. The first-order chi connectivity index (χ1) is 14.3. The van der Waals surface area contributed by atoms with E-state index in [1.807, 2.05) is 0 Å². The number of rotatable bonds is 7. The molecule has 30 heavy (non-hydrogen) atoms. The zero-order valence-electron chi connectivity index (χ0n) is 16.7. The highest BCUT2D eigenvalue weighted by molar-refractivity contribution is 5.99. The summed E-state index contributed by atoms with van der Waals surface area (Å²) in [5, 5.41) is 14.4. The van der Waals surface area contributed by atoms with Crippen molar-refractivity contribution in [2.24, 2.45) is 0 Å². The topological polar surface area (TPSA) is 121 Å². The third-order valence-corrected chi connectivity index (χ3v) is 4.68. The molecule has 0 bridgehead atoms. The number of carbonyl (C=O) groups excluding carboxylic acids is 2. The lowest BCUT2D eigenvalue weighted by molar-refractivity contribution is -0.384. The largest absolute Gasteiger partial charge is 0.450 e. The van der Waals surface area contributed by atoms with Crippen molar-refractivity contribution in [2.45, 2.75) is 20.5 Å². The summed E-state index contributed by atoms with van der Waals surface area (Å²) in [6.45, 7) is 2.93. The number of hydrogen-bond acceptors (Lipinski definition) is 7. The van der Waals surface area contributed by atoms with Crippen LogP contribution in [0.4, 0.5) is 11.4 Å². The number of nitro benzene ring substituents is 1. The van der Waals surface area contributed by atoms with Crippen molar-refractivity contribution in [3.8, 4) is 0 Å². The minimum Gasteiger partial charge on any atom is -0.450 e. The molecular weight excluding hydrogens is 392 g/mol. The highest BCUT2D eigenvalue weighted by Crippen LogP contribution is 2.30. The second kappa shape index (κ2) is 8.75. The molecular formula is C21H20N2O7. The van der Waals surface area contributed by atoms with Crippen molar-refractivity contribution in [3.05, 3.63) is 69.0 Å². The van der Waals surface area contributed by atoms with E-state index in [0.717, 1.165) is 5.56 Å². The number of amides is 1. The summed E-state index contributed by atoms with van der Waals surface area (Å²) in [7, 11) is 1.49. The average Bonchev–Trinajstić information content (AvgIpc) is 3.08. The number of benzene rings is 2. The summed E-state index contributed by atoms with van der Waals surface area (Å²) in [4.78, 5) is 35.5. The summed E-state index contributed by atoms with van der Waals surface area (Å²) in [5.74, 6) is -1.59. The molecule has 0 radical (unpaired) electrons. The van der Waals surface area contributed by atoms with Gasteiger partial charge in [-0.15, -0.1) is 0 Å². The van der Waals surface area contributed by atoms with Gasteiger partial charge in [-0.05, 0) is 31.0 Å². The number of aryl methyl sites for hydroxylation is 1. The maximum atomic E-state index is 12.5. The van der Waals surface area contributed by atoms with Gasteiger partial charge in [0.1, 0.15) is 11.3 Å². The van der Waals surface area contributed by atoms with Crippen LogP contribution in [-0.4, -0.2) is 30.5 Å². The number of hydrogen-bond donors (Lipinski definition) is 1. The van der Waals surface area contributed by atoms with Crippen LogP contribution in [0.25, 0.3) is 11.0 Å². The van der Waals surface area contributed by atoms with Gasteiger partial charge in [-0.1, -0.05) is 24.3 Å². The Morgan fingerprint density at radius 1 is 1.17 bits per heavy atom. The zero-order chi connectivity index (χ0) is 21.8. The van der Waals surface area contributed by atoms with E-state index < -0.39 is 23.4 Å². The summed E-state index contributed by atoms with van der Waals surface area (Å²) >= 11 is 0. The number of carbonyl (C=O) groups is 2. The summed E-state index contributed by atoms with van der Waals surface area (Å²) in [6, 6.07) is 9.98. The highest BCUT2D eigenvalue weighted by Gasteiger charge is 2.24. The van der Waals surface area contributed by atoms with Crippen LogP contribution in [0.2, 0.25) is 0 Å². The van der Waals surface area contributed by atoms with Gasteiger partial charge in [0.25, 0.3) is 11.6 Å². The fourth-order valence-corrected chi connectivity index (χ4v) is 3.03. The highest BCUT2D eigenvalue weighted by atomic mass is 16.6. The van der Waals surface area contributed by atoms with Crippen LogP contribution >= 0.6 is 0 Å². The minimum atomic E-state index is -0.830. The van der Waals surface area contributed by atoms with Crippen LogP contribution in [0.1, 0.15) is 27.2 Å². The molecule has 3 rings (SSSR count). The predicted octanol–water partition coefficient (Wildman–Crippen LogP) is 3.90. The molecule has 1 heterocycles. The Morgan fingerprint density at radius 2 is 1.90 bits per heavy atom. The average molecular weight is 412 g/mol. The number of anilines is 1. The Morgan fingerprint density at radius 3 is 2.60 bits per heavy atom. The van der Waals surface area contributed by atoms with Crippen molar-refractivity contribution < 1.29 is 28.4 Å². The van der Waals surface area contributed by atoms with E-state index in [1.54, 1.807) is 44.2 Å². The quantitative estimate of drug-likeness (QED) is 0.355. The molecule has 9 nitrogen and oxygen atoms in total.